The lowest BCUT2D eigenvalue weighted by Crippen LogP contribution is -2.32. The predicted octanol–water partition coefficient (Wildman–Crippen LogP) is 4.80. The third kappa shape index (κ3) is 5.13. The van der Waals surface area contributed by atoms with Crippen LogP contribution in [0.2, 0.25) is 5.02 Å². The zero-order chi connectivity index (χ0) is 17.5. The van der Waals surface area contributed by atoms with Gasteiger partial charge in [-0.15, -0.1) is 0 Å². The normalized spacial score (nSPS) is 10.5. The van der Waals surface area contributed by atoms with Gasteiger partial charge in [0.1, 0.15) is 18.2 Å². The summed E-state index contributed by atoms with van der Waals surface area (Å²) in [6.45, 7) is 4.66. The lowest BCUT2D eigenvalue weighted by Gasteiger charge is -2.14. The van der Waals surface area contributed by atoms with E-state index in [2.05, 4.69) is 24.5 Å². The van der Waals surface area contributed by atoms with E-state index < -0.39 is 5.82 Å². The van der Waals surface area contributed by atoms with E-state index >= 15 is 0 Å². The Balaban J connectivity index is 1.80. The van der Waals surface area contributed by atoms with Crippen LogP contribution in [0.1, 0.15) is 25.3 Å². The molecule has 0 aromatic heterocycles. The molecule has 0 saturated heterocycles. The monoisotopic (exact) mass is 350 g/mol. The lowest BCUT2D eigenvalue weighted by molar-refractivity contribution is 0.247. The van der Waals surface area contributed by atoms with Gasteiger partial charge >= 0.3 is 6.03 Å². The molecule has 4 nitrogen and oxygen atoms in total. The molecule has 2 amide bonds. The van der Waals surface area contributed by atoms with Crippen LogP contribution in [0.15, 0.2) is 42.5 Å². The molecular formula is C18H20ClFN2O2. The number of nitrogens with one attached hydrogen (secondary N) is 2. The molecule has 0 aliphatic heterocycles. The Morgan fingerprint density at radius 3 is 2.71 bits per heavy atom. The van der Waals surface area contributed by atoms with Crippen LogP contribution >= 0.6 is 11.6 Å². The van der Waals surface area contributed by atoms with Gasteiger partial charge in [0.05, 0.1) is 11.6 Å². The molecular weight excluding hydrogens is 331 g/mol. The quantitative estimate of drug-likeness (QED) is 0.735. The summed E-state index contributed by atoms with van der Waals surface area (Å²) in [6, 6.07) is 11.3. The number of carbonyl (C=O) groups excluding carboxylic acids is 1. The molecule has 0 atom stereocenters. The SMILES string of the molecule is CC(C)c1ccccc1NC(=O)NCCOc1ccc(F)cc1Cl. The fourth-order valence-electron chi connectivity index (χ4n) is 2.20. The minimum absolute atomic E-state index is 0.199. The smallest absolute Gasteiger partial charge is 0.319 e. The van der Waals surface area contributed by atoms with E-state index in [4.69, 9.17) is 16.3 Å². The molecule has 6 heteroatoms. The molecule has 0 bridgehead atoms. The first kappa shape index (κ1) is 18.1. The maximum atomic E-state index is 12.9. The van der Waals surface area contributed by atoms with Crippen molar-refractivity contribution in [3.05, 3.63) is 58.9 Å². The summed E-state index contributed by atoms with van der Waals surface area (Å²) in [6.07, 6.45) is 0. The molecule has 0 saturated carbocycles. The maximum Gasteiger partial charge on any atom is 0.319 e. The van der Waals surface area contributed by atoms with Crippen molar-refractivity contribution in [2.75, 3.05) is 18.5 Å². The van der Waals surface area contributed by atoms with Gasteiger partial charge in [-0.2, -0.15) is 0 Å². The third-order valence-corrected chi connectivity index (χ3v) is 3.67. The number of hydrogen-bond donors (Lipinski definition) is 2. The second kappa shape index (κ2) is 8.55. The molecule has 2 aromatic rings. The average Bonchev–Trinajstić information content (AvgIpc) is 2.53. The Kier molecular flexibility index (Phi) is 6.44. The minimum atomic E-state index is -0.423. The van der Waals surface area contributed by atoms with Crippen LogP contribution in [0.5, 0.6) is 5.75 Å². The van der Waals surface area contributed by atoms with Gasteiger partial charge in [-0.25, -0.2) is 9.18 Å². The van der Waals surface area contributed by atoms with Gasteiger partial charge in [0.2, 0.25) is 0 Å². The van der Waals surface area contributed by atoms with Crippen LogP contribution in [-0.2, 0) is 0 Å². The first-order valence-corrected chi connectivity index (χ1v) is 8.07. The Bertz CT molecular complexity index is 707. The van der Waals surface area contributed by atoms with Crippen molar-refractivity contribution < 1.29 is 13.9 Å². The average molecular weight is 351 g/mol. The van der Waals surface area contributed by atoms with Crippen molar-refractivity contribution in [2.24, 2.45) is 0 Å². The first-order valence-electron chi connectivity index (χ1n) is 7.69. The number of rotatable bonds is 6. The van der Waals surface area contributed by atoms with Crippen LogP contribution in [0.4, 0.5) is 14.9 Å². The van der Waals surface area contributed by atoms with Crippen LogP contribution < -0.4 is 15.4 Å². The van der Waals surface area contributed by atoms with E-state index in [1.807, 2.05) is 24.3 Å². The summed E-state index contributed by atoms with van der Waals surface area (Å²) < 4.78 is 18.3. The summed E-state index contributed by atoms with van der Waals surface area (Å²) in [5.74, 6) is 0.268. The van der Waals surface area contributed by atoms with E-state index in [0.29, 0.717) is 18.2 Å². The van der Waals surface area contributed by atoms with Crippen molar-refractivity contribution in [1.82, 2.24) is 5.32 Å². The topological polar surface area (TPSA) is 50.4 Å². The third-order valence-electron chi connectivity index (χ3n) is 3.37. The highest BCUT2D eigenvalue weighted by molar-refractivity contribution is 6.32. The zero-order valence-corrected chi connectivity index (χ0v) is 14.4. The molecule has 0 spiro atoms. The summed E-state index contributed by atoms with van der Waals surface area (Å²) in [7, 11) is 0. The summed E-state index contributed by atoms with van der Waals surface area (Å²) >= 11 is 5.86. The van der Waals surface area contributed by atoms with Gasteiger partial charge in [-0.1, -0.05) is 43.6 Å². The van der Waals surface area contributed by atoms with E-state index in [0.717, 1.165) is 11.3 Å². The van der Waals surface area contributed by atoms with Crippen LogP contribution in [0.3, 0.4) is 0 Å². The van der Waals surface area contributed by atoms with E-state index in [9.17, 15) is 9.18 Å². The molecule has 2 aromatic carbocycles. The highest BCUT2D eigenvalue weighted by Crippen LogP contribution is 2.25. The highest BCUT2D eigenvalue weighted by atomic mass is 35.5. The largest absolute Gasteiger partial charge is 0.490 e. The fourth-order valence-corrected chi connectivity index (χ4v) is 2.42. The molecule has 2 N–H and O–H groups in total. The number of urea groups is 1. The van der Waals surface area contributed by atoms with E-state index in [1.165, 1.54) is 18.2 Å². The number of halogens is 2. The molecule has 0 heterocycles. The molecule has 24 heavy (non-hydrogen) atoms. The van der Waals surface area contributed by atoms with Crippen molar-refractivity contribution in [1.29, 1.82) is 0 Å². The van der Waals surface area contributed by atoms with Crippen molar-refractivity contribution >= 4 is 23.3 Å². The summed E-state index contributed by atoms with van der Waals surface area (Å²) in [4.78, 5) is 12.0. The van der Waals surface area contributed by atoms with Crippen molar-refractivity contribution in [3.63, 3.8) is 0 Å². The van der Waals surface area contributed by atoms with Gasteiger partial charge < -0.3 is 15.4 Å². The van der Waals surface area contributed by atoms with Crippen LogP contribution in [0, 0.1) is 5.82 Å². The van der Waals surface area contributed by atoms with Crippen molar-refractivity contribution in [3.8, 4) is 5.75 Å². The van der Waals surface area contributed by atoms with E-state index in [1.54, 1.807) is 0 Å². The molecule has 0 fully saturated rings. The predicted molar refractivity (Wildman–Crippen MR) is 94.5 cm³/mol. The van der Waals surface area contributed by atoms with Crippen LogP contribution in [-0.4, -0.2) is 19.2 Å². The molecule has 2 rings (SSSR count). The zero-order valence-electron chi connectivity index (χ0n) is 13.6. The number of para-hydroxylation sites is 1. The molecule has 0 aliphatic rings. The first-order chi connectivity index (χ1) is 11.5. The number of carbonyl (C=O) groups is 1. The van der Waals surface area contributed by atoms with Gasteiger partial charge in [0.15, 0.2) is 0 Å². The Hall–Kier alpha value is -2.27. The second-order valence-corrected chi connectivity index (χ2v) is 5.95. The second-order valence-electron chi connectivity index (χ2n) is 5.55. The Morgan fingerprint density at radius 1 is 1.25 bits per heavy atom. The Morgan fingerprint density at radius 2 is 2.00 bits per heavy atom. The minimum Gasteiger partial charge on any atom is -0.490 e. The van der Waals surface area contributed by atoms with E-state index in [-0.39, 0.29) is 17.7 Å². The number of anilines is 1. The Labute approximate surface area is 146 Å². The lowest BCUT2D eigenvalue weighted by atomic mass is 10.0. The highest BCUT2D eigenvalue weighted by Gasteiger charge is 2.09. The van der Waals surface area contributed by atoms with Gasteiger partial charge in [-0.05, 0) is 35.7 Å². The number of hydrogen-bond acceptors (Lipinski definition) is 2. The molecule has 128 valence electrons. The summed E-state index contributed by atoms with van der Waals surface area (Å²) in [5, 5.41) is 5.73. The van der Waals surface area contributed by atoms with Crippen molar-refractivity contribution in [2.45, 2.75) is 19.8 Å². The molecule has 0 aliphatic carbocycles. The number of ether oxygens (including phenoxy) is 1. The fraction of sp³-hybridized carbons (Fsp3) is 0.278. The molecule has 0 radical (unpaired) electrons. The number of benzene rings is 2. The van der Waals surface area contributed by atoms with Crippen LogP contribution in [0.25, 0.3) is 0 Å². The number of amides is 2. The summed E-state index contributed by atoms with van der Waals surface area (Å²) in [5.41, 5.74) is 1.86. The maximum absolute atomic E-state index is 12.9. The van der Waals surface area contributed by atoms with Gasteiger partial charge in [0, 0.05) is 5.69 Å². The molecule has 0 unspecified atom stereocenters. The standard InChI is InChI=1S/C18H20ClFN2O2/c1-12(2)14-5-3-4-6-16(14)22-18(23)21-9-10-24-17-8-7-13(20)11-15(17)19/h3-8,11-12H,9-10H2,1-2H3,(H2,21,22,23). The van der Waals surface area contributed by atoms with Gasteiger partial charge in [-0.3, -0.25) is 0 Å². The van der Waals surface area contributed by atoms with Gasteiger partial charge in [0.25, 0.3) is 0 Å².